The molecule has 17 heavy (non-hydrogen) atoms. The molecule has 1 rings (SSSR count). The first-order valence-corrected chi connectivity index (χ1v) is 6.37. The summed E-state index contributed by atoms with van der Waals surface area (Å²) in [6.07, 6.45) is 1.83. The zero-order valence-corrected chi connectivity index (χ0v) is 12.2. The number of nitrogens with zero attached hydrogens (tertiary/aromatic N) is 2. The minimum absolute atomic E-state index is 0.0255. The number of alkyl halides is 1. The van der Waals surface area contributed by atoms with E-state index < -0.39 is 4.92 Å². The van der Waals surface area contributed by atoms with Crippen LogP contribution in [0.2, 0.25) is 0 Å². The van der Waals surface area contributed by atoms with Gasteiger partial charge in [0.2, 0.25) is 0 Å². The monoisotopic (exact) mass is 320 g/mol. The highest BCUT2D eigenvalue weighted by Crippen LogP contribution is 2.30. The maximum absolute atomic E-state index is 10.6. The average Bonchev–Trinajstić information content (AvgIpc) is 2.19. The van der Waals surface area contributed by atoms with Crippen molar-refractivity contribution in [3.05, 3.63) is 32.5 Å². The molecule has 1 unspecified atom stereocenters. The third kappa shape index (κ3) is 3.92. The number of pyridine rings is 1. The molecule has 0 amide bonds. The van der Waals surface area contributed by atoms with Gasteiger partial charge < -0.3 is 0 Å². The Morgan fingerprint density at radius 2 is 2.18 bits per heavy atom. The van der Waals surface area contributed by atoms with Crippen LogP contribution in [0.4, 0.5) is 5.69 Å². The Hall–Kier alpha value is -0.680. The van der Waals surface area contributed by atoms with Crippen LogP contribution in [-0.4, -0.2) is 15.3 Å². The molecule has 0 spiro atoms. The van der Waals surface area contributed by atoms with Gasteiger partial charge in [-0.25, -0.2) is 0 Å². The third-order valence-electron chi connectivity index (χ3n) is 2.43. The molecule has 1 aromatic heterocycles. The lowest BCUT2D eigenvalue weighted by atomic mass is 9.89. The van der Waals surface area contributed by atoms with Crippen molar-refractivity contribution in [3.8, 4) is 0 Å². The van der Waals surface area contributed by atoms with Crippen molar-refractivity contribution >= 4 is 33.2 Å². The van der Waals surface area contributed by atoms with Gasteiger partial charge in [0, 0.05) is 22.3 Å². The molecule has 1 atom stereocenters. The van der Waals surface area contributed by atoms with E-state index in [-0.39, 0.29) is 16.5 Å². The molecule has 6 heteroatoms. The van der Waals surface area contributed by atoms with E-state index in [0.717, 1.165) is 5.69 Å². The molecule has 94 valence electrons. The van der Waals surface area contributed by atoms with Crippen LogP contribution in [0, 0.1) is 15.5 Å². The molecule has 0 saturated heterocycles. The van der Waals surface area contributed by atoms with E-state index in [2.05, 4.69) is 20.9 Å². The summed E-state index contributed by atoms with van der Waals surface area (Å²) in [5.41, 5.74) is 0.679. The molecule has 4 nitrogen and oxygen atoms in total. The first-order valence-electron chi connectivity index (χ1n) is 5.14. The number of aromatic nitrogens is 1. The summed E-state index contributed by atoms with van der Waals surface area (Å²) in [6, 6.07) is 1.45. The highest BCUT2D eigenvalue weighted by Gasteiger charge is 2.24. The van der Waals surface area contributed by atoms with Gasteiger partial charge in [-0.05, 0) is 21.3 Å². The Labute approximate surface area is 114 Å². The van der Waals surface area contributed by atoms with E-state index in [0.29, 0.717) is 10.9 Å². The Balaban J connectivity index is 2.90. The van der Waals surface area contributed by atoms with Crippen molar-refractivity contribution in [2.75, 3.05) is 0 Å². The fraction of sp³-hybridized carbons (Fsp3) is 0.545. The maximum atomic E-state index is 10.6. The molecule has 0 fully saturated rings. The average molecular weight is 322 g/mol. The SMILES string of the molecule is CC(C)(C)C(Cl)Cc1ncc([N+](=O)[O-])cc1Br. The smallest absolute Gasteiger partial charge is 0.258 e. The molecule has 0 aromatic carbocycles. The van der Waals surface area contributed by atoms with Crippen LogP contribution in [0.5, 0.6) is 0 Å². The van der Waals surface area contributed by atoms with Crippen molar-refractivity contribution in [2.45, 2.75) is 32.6 Å². The molecule has 1 aromatic rings. The Morgan fingerprint density at radius 1 is 1.59 bits per heavy atom. The molecular weight excluding hydrogens is 307 g/mol. The van der Waals surface area contributed by atoms with E-state index in [1.54, 1.807) is 0 Å². The summed E-state index contributed by atoms with van der Waals surface area (Å²) in [5, 5.41) is 10.5. The molecule has 0 saturated carbocycles. The zero-order valence-electron chi connectivity index (χ0n) is 9.91. The van der Waals surface area contributed by atoms with Crippen LogP contribution < -0.4 is 0 Å². The molecule has 0 aliphatic carbocycles. The Bertz CT molecular complexity index is 432. The van der Waals surface area contributed by atoms with Crippen molar-refractivity contribution in [2.24, 2.45) is 5.41 Å². The summed E-state index contributed by atoms with van der Waals surface area (Å²) < 4.78 is 0.626. The van der Waals surface area contributed by atoms with Gasteiger partial charge in [-0.1, -0.05) is 20.8 Å². The second-order valence-corrected chi connectivity index (χ2v) is 6.30. The second kappa shape index (κ2) is 5.31. The van der Waals surface area contributed by atoms with Gasteiger partial charge in [-0.3, -0.25) is 15.1 Å². The van der Waals surface area contributed by atoms with Crippen LogP contribution >= 0.6 is 27.5 Å². The largest absolute Gasteiger partial charge is 0.288 e. The molecule has 0 aliphatic rings. The van der Waals surface area contributed by atoms with Gasteiger partial charge in [-0.15, -0.1) is 11.6 Å². The van der Waals surface area contributed by atoms with Crippen molar-refractivity contribution in [1.29, 1.82) is 0 Å². The van der Waals surface area contributed by atoms with Gasteiger partial charge >= 0.3 is 0 Å². The van der Waals surface area contributed by atoms with Gasteiger partial charge in [0.1, 0.15) is 6.20 Å². The van der Waals surface area contributed by atoms with Crippen LogP contribution in [0.15, 0.2) is 16.7 Å². The van der Waals surface area contributed by atoms with Gasteiger partial charge in [0.15, 0.2) is 0 Å². The van der Waals surface area contributed by atoms with Gasteiger partial charge in [-0.2, -0.15) is 0 Å². The maximum Gasteiger partial charge on any atom is 0.288 e. The predicted octanol–water partition coefficient (Wildman–Crippen LogP) is 3.95. The zero-order chi connectivity index (χ0) is 13.2. The Morgan fingerprint density at radius 3 is 2.59 bits per heavy atom. The minimum Gasteiger partial charge on any atom is -0.258 e. The summed E-state index contributed by atoms with van der Waals surface area (Å²) >= 11 is 9.56. The van der Waals surface area contributed by atoms with Gasteiger partial charge in [0.25, 0.3) is 5.69 Å². The van der Waals surface area contributed by atoms with E-state index in [4.69, 9.17) is 11.6 Å². The van der Waals surface area contributed by atoms with E-state index in [9.17, 15) is 10.1 Å². The van der Waals surface area contributed by atoms with Crippen LogP contribution in [-0.2, 0) is 6.42 Å². The summed E-state index contributed by atoms with van der Waals surface area (Å²) in [4.78, 5) is 14.2. The fourth-order valence-corrected chi connectivity index (χ4v) is 1.83. The van der Waals surface area contributed by atoms with Crippen LogP contribution in [0.3, 0.4) is 0 Å². The number of hydrogen-bond acceptors (Lipinski definition) is 3. The molecule has 0 bridgehead atoms. The fourth-order valence-electron chi connectivity index (χ4n) is 1.18. The molecule has 1 heterocycles. The van der Waals surface area contributed by atoms with Crippen LogP contribution in [0.1, 0.15) is 26.5 Å². The van der Waals surface area contributed by atoms with E-state index in [1.807, 2.05) is 20.8 Å². The number of halogens is 2. The molecule has 0 aliphatic heterocycles. The van der Waals surface area contributed by atoms with Gasteiger partial charge in [0.05, 0.1) is 10.6 Å². The lowest BCUT2D eigenvalue weighted by Crippen LogP contribution is -2.23. The topological polar surface area (TPSA) is 56.0 Å². The van der Waals surface area contributed by atoms with E-state index >= 15 is 0 Å². The predicted molar refractivity (Wildman–Crippen MR) is 71.4 cm³/mol. The van der Waals surface area contributed by atoms with Crippen molar-refractivity contribution < 1.29 is 4.92 Å². The standard InChI is InChI=1S/C11H14BrClN2O2/c1-11(2,3)10(13)5-9-8(12)4-7(6-14-9)15(16)17/h4,6,10H,5H2,1-3H3. The molecule has 0 radical (unpaired) electrons. The first kappa shape index (κ1) is 14.4. The number of nitro groups is 1. The minimum atomic E-state index is -0.469. The summed E-state index contributed by atoms with van der Waals surface area (Å²) in [6.45, 7) is 6.14. The summed E-state index contributed by atoms with van der Waals surface area (Å²) in [5.74, 6) is 0. The quantitative estimate of drug-likeness (QED) is 0.481. The molecular formula is C11H14BrClN2O2. The van der Waals surface area contributed by atoms with E-state index in [1.165, 1.54) is 12.3 Å². The highest BCUT2D eigenvalue weighted by atomic mass is 79.9. The Kier molecular flexibility index (Phi) is 4.49. The number of rotatable bonds is 3. The van der Waals surface area contributed by atoms with Crippen molar-refractivity contribution in [3.63, 3.8) is 0 Å². The second-order valence-electron chi connectivity index (χ2n) is 4.92. The lowest BCUT2D eigenvalue weighted by Gasteiger charge is -2.24. The van der Waals surface area contributed by atoms with Crippen LogP contribution in [0.25, 0.3) is 0 Å². The normalized spacial score (nSPS) is 13.5. The third-order valence-corrected chi connectivity index (χ3v) is 3.92. The molecule has 0 N–H and O–H groups in total. The number of hydrogen-bond donors (Lipinski definition) is 0. The first-order chi connectivity index (χ1) is 7.71. The summed E-state index contributed by atoms with van der Waals surface area (Å²) in [7, 11) is 0. The van der Waals surface area contributed by atoms with Crippen molar-refractivity contribution in [1.82, 2.24) is 4.98 Å². The lowest BCUT2D eigenvalue weighted by molar-refractivity contribution is -0.385. The highest BCUT2D eigenvalue weighted by molar-refractivity contribution is 9.10.